The molecule has 1 aromatic carbocycles. The van der Waals surface area contributed by atoms with Crippen LogP contribution in [0.5, 0.6) is 0 Å². The number of rotatable bonds is 3. The van der Waals surface area contributed by atoms with E-state index in [1.165, 1.54) is 16.5 Å². The Morgan fingerprint density at radius 1 is 1.18 bits per heavy atom. The van der Waals surface area contributed by atoms with Crippen molar-refractivity contribution in [1.29, 1.82) is 5.26 Å². The van der Waals surface area contributed by atoms with Gasteiger partial charge in [-0.15, -0.1) is 0 Å². The molecular weight excluding hydrogens is 272 g/mol. The summed E-state index contributed by atoms with van der Waals surface area (Å²) in [7, 11) is 2.16. The van der Waals surface area contributed by atoms with Crippen LogP contribution in [-0.4, -0.2) is 43.1 Å². The minimum absolute atomic E-state index is 0.541. The first-order chi connectivity index (χ1) is 10.7. The van der Waals surface area contributed by atoms with E-state index in [2.05, 4.69) is 54.1 Å². The number of hydrogen-bond donors (Lipinski definition) is 0. The number of hydrogen-bond acceptors (Lipinski definition) is 4. The maximum atomic E-state index is 8.93. The minimum atomic E-state index is 0.541. The van der Waals surface area contributed by atoms with Gasteiger partial charge in [0, 0.05) is 38.0 Å². The summed E-state index contributed by atoms with van der Waals surface area (Å²) < 4.78 is 0. The standard InChI is InChI=1S/C18H22N4/c1-14-5-6-17-16(12-14)13-15(4-3-7-19)18(20-17)22-10-8-21(2)9-11-22/h5-6,12-13H,3-4,8-11H2,1-2H3. The summed E-state index contributed by atoms with van der Waals surface area (Å²) in [5.41, 5.74) is 3.48. The van der Waals surface area contributed by atoms with Crippen LogP contribution < -0.4 is 4.90 Å². The van der Waals surface area contributed by atoms with E-state index in [1.807, 2.05) is 0 Å². The molecule has 0 atom stereocenters. The summed E-state index contributed by atoms with van der Waals surface area (Å²) in [6.45, 7) is 6.22. The number of piperazine rings is 1. The fourth-order valence-electron chi connectivity index (χ4n) is 3.00. The zero-order chi connectivity index (χ0) is 15.5. The van der Waals surface area contributed by atoms with Crippen molar-refractivity contribution in [2.24, 2.45) is 0 Å². The summed E-state index contributed by atoms with van der Waals surface area (Å²) in [6.07, 6.45) is 1.31. The maximum absolute atomic E-state index is 8.93. The largest absolute Gasteiger partial charge is 0.354 e. The van der Waals surface area contributed by atoms with Crippen LogP contribution in [0.25, 0.3) is 10.9 Å². The van der Waals surface area contributed by atoms with E-state index >= 15 is 0 Å². The van der Waals surface area contributed by atoms with E-state index in [1.54, 1.807) is 0 Å². The molecule has 1 fully saturated rings. The molecule has 1 saturated heterocycles. The number of nitrogens with zero attached hydrogens (tertiary/aromatic N) is 4. The lowest BCUT2D eigenvalue weighted by molar-refractivity contribution is 0.312. The Morgan fingerprint density at radius 3 is 2.68 bits per heavy atom. The van der Waals surface area contributed by atoms with Crippen molar-refractivity contribution in [1.82, 2.24) is 9.88 Å². The van der Waals surface area contributed by atoms with E-state index < -0.39 is 0 Å². The van der Waals surface area contributed by atoms with Gasteiger partial charge in [-0.1, -0.05) is 11.6 Å². The number of aromatic nitrogens is 1. The monoisotopic (exact) mass is 294 g/mol. The normalized spacial score (nSPS) is 16.0. The van der Waals surface area contributed by atoms with Crippen LogP contribution >= 0.6 is 0 Å². The summed E-state index contributed by atoms with van der Waals surface area (Å²) in [5.74, 6) is 1.07. The number of pyridine rings is 1. The van der Waals surface area contributed by atoms with Crippen LogP contribution in [0.2, 0.25) is 0 Å². The maximum Gasteiger partial charge on any atom is 0.132 e. The van der Waals surface area contributed by atoms with Gasteiger partial charge < -0.3 is 9.80 Å². The van der Waals surface area contributed by atoms with Gasteiger partial charge in [-0.25, -0.2) is 4.98 Å². The Bertz CT molecular complexity index is 709. The highest BCUT2D eigenvalue weighted by Gasteiger charge is 2.19. The van der Waals surface area contributed by atoms with Crippen LogP contribution in [0.3, 0.4) is 0 Å². The van der Waals surface area contributed by atoms with Crippen LogP contribution in [0.4, 0.5) is 5.82 Å². The molecule has 0 amide bonds. The van der Waals surface area contributed by atoms with Gasteiger partial charge in [-0.2, -0.15) is 5.26 Å². The smallest absolute Gasteiger partial charge is 0.132 e. The molecule has 3 rings (SSSR count). The van der Waals surface area contributed by atoms with Crippen LogP contribution in [-0.2, 0) is 6.42 Å². The molecule has 2 aromatic rings. The van der Waals surface area contributed by atoms with E-state index in [4.69, 9.17) is 10.2 Å². The molecule has 0 saturated carbocycles. The van der Waals surface area contributed by atoms with Crippen molar-refractivity contribution in [3.05, 3.63) is 35.4 Å². The summed E-state index contributed by atoms with van der Waals surface area (Å²) in [6, 6.07) is 10.9. The van der Waals surface area contributed by atoms with Crippen molar-refractivity contribution in [3.63, 3.8) is 0 Å². The van der Waals surface area contributed by atoms with E-state index in [-0.39, 0.29) is 0 Å². The molecule has 114 valence electrons. The Kier molecular flexibility index (Phi) is 4.26. The molecule has 2 heterocycles. The van der Waals surface area contributed by atoms with Crippen molar-refractivity contribution in [2.75, 3.05) is 38.1 Å². The van der Waals surface area contributed by atoms with E-state index in [9.17, 15) is 0 Å². The molecule has 0 aliphatic carbocycles. The summed E-state index contributed by atoms with van der Waals surface area (Å²) in [5, 5.41) is 10.1. The van der Waals surface area contributed by atoms with Gasteiger partial charge in [0.25, 0.3) is 0 Å². The van der Waals surface area contributed by atoms with Crippen molar-refractivity contribution in [2.45, 2.75) is 19.8 Å². The van der Waals surface area contributed by atoms with Gasteiger partial charge >= 0.3 is 0 Å². The predicted octanol–water partition coefficient (Wildman–Crippen LogP) is 2.75. The fourth-order valence-corrected chi connectivity index (χ4v) is 3.00. The van der Waals surface area contributed by atoms with Crippen LogP contribution in [0.1, 0.15) is 17.5 Å². The molecule has 0 radical (unpaired) electrons. The van der Waals surface area contributed by atoms with E-state index in [0.717, 1.165) is 43.9 Å². The number of anilines is 1. The quantitative estimate of drug-likeness (QED) is 0.873. The SMILES string of the molecule is Cc1ccc2nc(N3CCN(C)CC3)c(CCC#N)cc2c1. The topological polar surface area (TPSA) is 43.2 Å². The highest BCUT2D eigenvalue weighted by atomic mass is 15.3. The molecule has 0 bridgehead atoms. The van der Waals surface area contributed by atoms with Gasteiger partial charge in [0.2, 0.25) is 0 Å². The first kappa shape index (κ1) is 14.8. The van der Waals surface area contributed by atoms with Gasteiger partial charge in [0.15, 0.2) is 0 Å². The molecule has 22 heavy (non-hydrogen) atoms. The second-order valence-corrected chi connectivity index (χ2v) is 6.12. The average molecular weight is 294 g/mol. The molecule has 1 aliphatic heterocycles. The zero-order valence-electron chi connectivity index (χ0n) is 13.3. The molecule has 1 aliphatic rings. The first-order valence-electron chi connectivity index (χ1n) is 7.88. The predicted molar refractivity (Wildman–Crippen MR) is 90.1 cm³/mol. The average Bonchev–Trinajstić information content (AvgIpc) is 2.53. The summed E-state index contributed by atoms with van der Waals surface area (Å²) >= 11 is 0. The van der Waals surface area contributed by atoms with Crippen LogP contribution in [0, 0.1) is 18.3 Å². The minimum Gasteiger partial charge on any atom is -0.354 e. The number of nitriles is 1. The fraction of sp³-hybridized carbons (Fsp3) is 0.444. The van der Waals surface area contributed by atoms with Gasteiger partial charge in [0.05, 0.1) is 11.6 Å². The van der Waals surface area contributed by atoms with Gasteiger partial charge in [-0.3, -0.25) is 0 Å². The van der Waals surface area contributed by atoms with Gasteiger partial charge in [0.1, 0.15) is 5.82 Å². The number of fused-ring (bicyclic) bond motifs is 1. The lowest BCUT2D eigenvalue weighted by Crippen LogP contribution is -2.45. The molecule has 0 unspecified atom stereocenters. The molecule has 4 nitrogen and oxygen atoms in total. The van der Waals surface area contributed by atoms with Crippen LogP contribution in [0.15, 0.2) is 24.3 Å². The first-order valence-corrected chi connectivity index (χ1v) is 7.88. The van der Waals surface area contributed by atoms with Crippen molar-refractivity contribution >= 4 is 16.7 Å². The molecule has 0 spiro atoms. The Morgan fingerprint density at radius 2 is 1.95 bits per heavy atom. The molecule has 1 aromatic heterocycles. The summed E-state index contributed by atoms with van der Waals surface area (Å²) in [4.78, 5) is 9.63. The highest BCUT2D eigenvalue weighted by molar-refractivity contribution is 5.82. The third-order valence-electron chi connectivity index (χ3n) is 4.34. The molecule has 4 heteroatoms. The number of benzene rings is 1. The second-order valence-electron chi connectivity index (χ2n) is 6.12. The Labute approximate surface area is 132 Å². The lowest BCUT2D eigenvalue weighted by Gasteiger charge is -2.34. The third-order valence-corrected chi connectivity index (χ3v) is 4.34. The Hall–Kier alpha value is -2.12. The Balaban J connectivity index is 2.01. The highest BCUT2D eigenvalue weighted by Crippen LogP contribution is 2.26. The van der Waals surface area contributed by atoms with Crippen molar-refractivity contribution < 1.29 is 0 Å². The molecular formula is C18H22N4. The van der Waals surface area contributed by atoms with Crippen molar-refractivity contribution in [3.8, 4) is 6.07 Å². The third kappa shape index (κ3) is 3.05. The lowest BCUT2D eigenvalue weighted by atomic mass is 10.1. The second kappa shape index (κ2) is 6.33. The molecule has 0 N–H and O–H groups in total. The zero-order valence-corrected chi connectivity index (χ0v) is 13.3. The van der Waals surface area contributed by atoms with Gasteiger partial charge in [-0.05, 0) is 44.2 Å². The van der Waals surface area contributed by atoms with E-state index in [0.29, 0.717) is 6.42 Å². The number of likely N-dealkylation sites (N-methyl/N-ethyl adjacent to an activating group) is 1. The number of aryl methyl sites for hydroxylation is 2.